The minimum atomic E-state index is -0.578. The number of carbonyl (C=O) groups is 1. The van der Waals surface area contributed by atoms with Gasteiger partial charge in [0.15, 0.2) is 5.69 Å². The number of nitrogens with one attached hydrogen (secondary N) is 1. The molecule has 0 bridgehead atoms. The summed E-state index contributed by atoms with van der Waals surface area (Å²) in [5, 5.41) is 3.02. The smallest absolute Gasteiger partial charge is 0.230 e. The van der Waals surface area contributed by atoms with E-state index < -0.39 is 5.41 Å². The molecule has 3 heteroatoms. The molecule has 0 atom stereocenters. The third kappa shape index (κ3) is 1.61. The van der Waals surface area contributed by atoms with Gasteiger partial charge in [-0.25, -0.2) is 4.85 Å². The number of hydrogen-bond acceptors (Lipinski definition) is 1. The number of hydrogen-bond donors (Lipinski definition) is 1. The molecule has 1 aliphatic rings. The van der Waals surface area contributed by atoms with Gasteiger partial charge in [-0.15, -0.1) is 0 Å². The molecule has 3 nitrogen and oxygen atoms in total. The van der Waals surface area contributed by atoms with E-state index >= 15 is 0 Å². The Morgan fingerprint density at radius 2 is 1.82 bits per heavy atom. The lowest BCUT2D eigenvalue weighted by Crippen LogP contribution is -2.54. The van der Waals surface area contributed by atoms with Crippen LogP contribution in [0.5, 0.6) is 0 Å². The fraction of sp³-hybridized carbons (Fsp3) is 0.429. The monoisotopic (exact) mass is 228 g/mol. The lowest BCUT2D eigenvalue weighted by Gasteiger charge is -2.41. The molecule has 1 aliphatic heterocycles. The van der Waals surface area contributed by atoms with E-state index in [1.54, 1.807) is 6.07 Å². The van der Waals surface area contributed by atoms with E-state index in [1.807, 2.05) is 39.8 Å². The Morgan fingerprint density at radius 3 is 2.41 bits per heavy atom. The molecular weight excluding hydrogens is 212 g/mol. The standard InChI is InChI=1S/C14H16N2O/c1-13(2)11-8-9(15-5)6-7-10(11)14(3,4)16-12(13)17/h6-8H,1-4H3,(H,16,17). The number of nitrogens with zero attached hydrogens (tertiary/aromatic N) is 1. The molecule has 0 aliphatic carbocycles. The van der Waals surface area contributed by atoms with E-state index in [0.717, 1.165) is 11.1 Å². The fourth-order valence-electron chi connectivity index (χ4n) is 2.29. The highest BCUT2D eigenvalue weighted by Gasteiger charge is 2.42. The third-order valence-corrected chi connectivity index (χ3v) is 3.47. The Bertz CT molecular complexity index is 536. The molecule has 2 rings (SSSR count). The van der Waals surface area contributed by atoms with Crippen LogP contribution in [-0.2, 0) is 15.7 Å². The summed E-state index contributed by atoms with van der Waals surface area (Å²) in [4.78, 5) is 15.5. The van der Waals surface area contributed by atoms with Gasteiger partial charge in [-0.3, -0.25) is 4.79 Å². The molecule has 0 aromatic heterocycles. The lowest BCUT2D eigenvalue weighted by molar-refractivity contribution is -0.128. The van der Waals surface area contributed by atoms with Gasteiger partial charge >= 0.3 is 0 Å². The van der Waals surface area contributed by atoms with E-state index in [4.69, 9.17) is 6.57 Å². The first kappa shape index (κ1) is 11.7. The van der Waals surface area contributed by atoms with Crippen LogP contribution in [0.15, 0.2) is 18.2 Å². The Morgan fingerprint density at radius 1 is 1.18 bits per heavy atom. The normalized spacial score (nSPS) is 20.1. The van der Waals surface area contributed by atoms with Gasteiger partial charge in [0.2, 0.25) is 5.91 Å². The average molecular weight is 228 g/mol. The van der Waals surface area contributed by atoms with Crippen LogP contribution in [0.2, 0.25) is 0 Å². The molecule has 0 fully saturated rings. The summed E-state index contributed by atoms with van der Waals surface area (Å²) in [6.07, 6.45) is 0. The average Bonchev–Trinajstić information content (AvgIpc) is 2.26. The van der Waals surface area contributed by atoms with Crippen molar-refractivity contribution in [2.24, 2.45) is 0 Å². The molecule has 0 saturated heterocycles. The predicted octanol–water partition coefficient (Wildman–Crippen LogP) is 2.88. The Hall–Kier alpha value is -1.82. The van der Waals surface area contributed by atoms with E-state index in [-0.39, 0.29) is 11.4 Å². The van der Waals surface area contributed by atoms with Crippen LogP contribution >= 0.6 is 0 Å². The Kier molecular flexibility index (Phi) is 2.29. The maximum Gasteiger partial charge on any atom is 0.230 e. The van der Waals surface area contributed by atoms with Crippen LogP contribution in [0.1, 0.15) is 38.8 Å². The van der Waals surface area contributed by atoms with Gasteiger partial charge in [-0.1, -0.05) is 18.2 Å². The van der Waals surface area contributed by atoms with Crippen molar-refractivity contribution < 1.29 is 4.79 Å². The van der Waals surface area contributed by atoms with Gasteiger partial charge in [0.25, 0.3) is 0 Å². The predicted molar refractivity (Wildman–Crippen MR) is 66.9 cm³/mol. The van der Waals surface area contributed by atoms with Crippen LogP contribution in [0.4, 0.5) is 5.69 Å². The summed E-state index contributed by atoms with van der Waals surface area (Å²) < 4.78 is 0. The second kappa shape index (κ2) is 3.33. The molecule has 0 spiro atoms. The van der Waals surface area contributed by atoms with Crippen LogP contribution in [0.3, 0.4) is 0 Å². The van der Waals surface area contributed by atoms with Gasteiger partial charge < -0.3 is 5.32 Å². The molecule has 0 unspecified atom stereocenters. The second-order valence-corrected chi connectivity index (χ2v) is 5.55. The van der Waals surface area contributed by atoms with Crippen molar-refractivity contribution >= 4 is 11.6 Å². The molecule has 1 amide bonds. The number of carbonyl (C=O) groups excluding carboxylic acids is 1. The maximum absolute atomic E-state index is 12.1. The summed E-state index contributed by atoms with van der Waals surface area (Å²) >= 11 is 0. The van der Waals surface area contributed by atoms with E-state index in [2.05, 4.69) is 10.2 Å². The van der Waals surface area contributed by atoms with E-state index in [0.29, 0.717) is 5.69 Å². The molecule has 0 radical (unpaired) electrons. The quantitative estimate of drug-likeness (QED) is 0.680. The van der Waals surface area contributed by atoms with Crippen LogP contribution < -0.4 is 5.32 Å². The lowest BCUT2D eigenvalue weighted by atomic mass is 9.72. The van der Waals surface area contributed by atoms with E-state index in [1.165, 1.54) is 0 Å². The first-order valence-electron chi connectivity index (χ1n) is 5.64. The van der Waals surface area contributed by atoms with Crippen molar-refractivity contribution in [2.45, 2.75) is 38.6 Å². The van der Waals surface area contributed by atoms with Crippen LogP contribution in [-0.4, -0.2) is 5.91 Å². The van der Waals surface area contributed by atoms with Gasteiger partial charge in [-0.2, -0.15) is 0 Å². The summed E-state index contributed by atoms with van der Waals surface area (Å²) in [7, 11) is 0. The zero-order chi connectivity index (χ0) is 12.8. The highest BCUT2D eigenvalue weighted by Crippen LogP contribution is 2.39. The summed E-state index contributed by atoms with van der Waals surface area (Å²) in [6, 6.07) is 5.59. The Balaban J connectivity index is 2.74. The Labute approximate surface area is 102 Å². The number of benzene rings is 1. The third-order valence-electron chi connectivity index (χ3n) is 3.47. The molecule has 0 saturated carbocycles. The minimum absolute atomic E-state index is 0.0112. The largest absolute Gasteiger partial charge is 0.346 e. The first-order chi connectivity index (χ1) is 7.79. The highest BCUT2D eigenvalue weighted by molar-refractivity contribution is 5.91. The maximum atomic E-state index is 12.1. The van der Waals surface area contributed by atoms with Gasteiger partial charge in [0.1, 0.15) is 0 Å². The van der Waals surface area contributed by atoms with Crippen molar-refractivity contribution in [1.82, 2.24) is 5.32 Å². The minimum Gasteiger partial charge on any atom is -0.346 e. The van der Waals surface area contributed by atoms with Crippen molar-refractivity contribution in [3.63, 3.8) is 0 Å². The van der Waals surface area contributed by atoms with Gasteiger partial charge in [0, 0.05) is 0 Å². The SMILES string of the molecule is [C-]#[N+]c1ccc2c(c1)C(C)(C)C(=O)NC2(C)C. The fourth-order valence-corrected chi connectivity index (χ4v) is 2.29. The van der Waals surface area contributed by atoms with Crippen molar-refractivity contribution in [2.75, 3.05) is 0 Å². The molecule has 1 aromatic carbocycles. The topological polar surface area (TPSA) is 33.5 Å². The molecule has 1 aromatic rings. The van der Waals surface area contributed by atoms with Crippen molar-refractivity contribution in [3.8, 4) is 0 Å². The summed E-state index contributed by atoms with van der Waals surface area (Å²) in [5.74, 6) is 0.0112. The number of amides is 1. The van der Waals surface area contributed by atoms with E-state index in [9.17, 15) is 4.79 Å². The summed E-state index contributed by atoms with van der Waals surface area (Å²) in [5.41, 5.74) is 1.69. The van der Waals surface area contributed by atoms with Crippen LogP contribution in [0, 0.1) is 6.57 Å². The molecular formula is C14H16N2O. The first-order valence-corrected chi connectivity index (χ1v) is 5.64. The molecule has 17 heavy (non-hydrogen) atoms. The zero-order valence-corrected chi connectivity index (χ0v) is 10.6. The molecule has 1 N–H and O–H groups in total. The number of fused-ring (bicyclic) bond motifs is 1. The van der Waals surface area contributed by atoms with Crippen molar-refractivity contribution in [3.05, 3.63) is 40.7 Å². The van der Waals surface area contributed by atoms with Crippen molar-refractivity contribution in [1.29, 1.82) is 0 Å². The second-order valence-electron chi connectivity index (χ2n) is 5.55. The molecule has 1 heterocycles. The van der Waals surface area contributed by atoms with Crippen LogP contribution in [0.25, 0.3) is 4.85 Å². The van der Waals surface area contributed by atoms with Gasteiger partial charge in [-0.05, 0) is 38.8 Å². The molecule has 88 valence electrons. The highest BCUT2D eigenvalue weighted by atomic mass is 16.2. The van der Waals surface area contributed by atoms with Gasteiger partial charge in [0.05, 0.1) is 17.5 Å². The zero-order valence-electron chi connectivity index (χ0n) is 10.6. The number of rotatable bonds is 0. The summed E-state index contributed by atoms with van der Waals surface area (Å²) in [6.45, 7) is 14.8.